The first kappa shape index (κ1) is 14.2. The quantitative estimate of drug-likeness (QED) is 0.772. The topological polar surface area (TPSA) is 55.6 Å². The van der Waals surface area contributed by atoms with E-state index in [1.54, 1.807) is 20.8 Å². The summed E-state index contributed by atoms with van der Waals surface area (Å²) >= 11 is 0. The summed E-state index contributed by atoms with van der Waals surface area (Å²) in [5.74, 6) is -3.77. The number of hydrogen-bond acceptors (Lipinski definition) is 3. The van der Waals surface area contributed by atoms with Crippen molar-refractivity contribution in [1.29, 1.82) is 0 Å². The normalized spacial score (nSPS) is 24.6. The van der Waals surface area contributed by atoms with Crippen LogP contribution < -0.4 is 5.73 Å². The SMILES string of the molecule is CC(C)(C)OC(=O)N1CCC(F)(F)C(CN)C1. The number of hydrogen-bond donors (Lipinski definition) is 1. The highest BCUT2D eigenvalue weighted by atomic mass is 19.3. The molecule has 1 unspecified atom stereocenters. The number of nitrogens with two attached hydrogens (primary N) is 1. The van der Waals surface area contributed by atoms with E-state index in [9.17, 15) is 13.6 Å². The molecule has 0 aliphatic carbocycles. The van der Waals surface area contributed by atoms with Crippen molar-refractivity contribution in [2.45, 2.75) is 38.7 Å². The zero-order chi connectivity index (χ0) is 13.3. The zero-order valence-electron chi connectivity index (χ0n) is 10.5. The Labute approximate surface area is 100 Å². The summed E-state index contributed by atoms with van der Waals surface area (Å²) in [4.78, 5) is 13.0. The number of alkyl halides is 2. The fraction of sp³-hybridized carbons (Fsp3) is 0.909. The monoisotopic (exact) mass is 250 g/mol. The number of ether oxygens (including phenoxy) is 1. The predicted molar refractivity (Wildman–Crippen MR) is 59.9 cm³/mol. The van der Waals surface area contributed by atoms with Crippen molar-refractivity contribution in [1.82, 2.24) is 4.90 Å². The van der Waals surface area contributed by atoms with Gasteiger partial charge in [-0.15, -0.1) is 0 Å². The van der Waals surface area contributed by atoms with Gasteiger partial charge in [-0.25, -0.2) is 13.6 Å². The second kappa shape index (κ2) is 4.76. The van der Waals surface area contributed by atoms with E-state index < -0.39 is 23.5 Å². The van der Waals surface area contributed by atoms with Crippen molar-refractivity contribution < 1.29 is 18.3 Å². The van der Waals surface area contributed by atoms with Gasteiger partial charge in [0.15, 0.2) is 0 Å². The van der Waals surface area contributed by atoms with Crippen molar-refractivity contribution >= 4 is 6.09 Å². The number of piperidine rings is 1. The Hall–Kier alpha value is -0.910. The highest BCUT2D eigenvalue weighted by Gasteiger charge is 2.44. The first-order valence-electron chi connectivity index (χ1n) is 5.71. The van der Waals surface area contributed by atoms with Gasteiger partial charge in [-0.05, 0) is 20.8 Å². The molecule has 1 aliphatic heterocycles. The van der Waals surface area contributed by atoms with Gasteiger partial charge in [0.2, 0.25) is 0 Å². The molecule has 0 spiro atoms. The highest BCUT2D eigenvalue weighted by molar-refractivity contribution is 5.68. The molecule has 6 heteroatoms. The van der Waals surface area contributed by atoms with Gasteiger partial charge in [0.05, 0.1) is 5.92 Å². The van der Waals surface area contributed by atoms with Crippen LogP contribution >= 0.6 is 0 Å². The van der Waals surface area contributed by atoms with Gasteiger partial charge in [0.25, 0.3) is 5.92 Å². The number of amides is 1. The van der Waals surface area contributed by atoms with Gasteiger partial charge in [-0.3, -0.25) is 0 Å². The molecule has 100 valence electrons. The fourth-order valence-corrected chi connectivity index (χ4v) is 1.72. The molecule has 0 aromatic carbocycles. The summed E-state index contributed by atoms with van der Waals surface area (Å²) < 4.78 is 31.9. The second-order valence-electron chi connectivity index (χ2n) is 5.37. The van der Waals surface area contributed by atoms with E-state index >= 15 is 0 Å². The summed E-state index contributed by atoms with van der Waals surface area (Å²) in [6.45, 7) is 5.06. The smallest absolute Gasteiger partial charge is 0.410 e. The third-order valence-electron chi connectivity index (χ3n) is 2.69. The Bertz CT molecular complexity index is 290. The molecule has 2 N–H and O–H groups in total. The lowest BCUT2D eigenvalue weighted by atomic mass is 9.94. The van der Waals surface area contributed by atoms with E-state index in [0.29, 0.717) is 0 Å². The van der Waals surface area contributed by atoms with Crippen molar-refractivity contribution in [3.05, 3.63) is 0 Å². The second-order valence-corrected chi connectivity index (χ2v) is 5.37. The minimum atomic E-state index is -2.78. The molecule has 17 heavy (non-hydrogen) atoms. The van der Waals surface area contributed by atoms with Gasteiger partial charge in [0, 0.05) is 26.1 Å². The Morgan fingerprint density at radius 1 is 1.53 bits per heavy atom. The molecule has 1 saturated heterocycles. The van der Waals surface area contributed by atoms with Crippen LogP contribution in [-0.4, -0.2) is 42.2 Å². The first-order valence-corrected chi connectivity index (χ1v) is 5.71. The van der Waals surface area contributed by atoms with Gasteiger partial charge in [-0.2, -0.15) is 0 Å². The molecule has 1 aliphatic rings. The Balaban J connectivity index is 2.61. The van der Waals surface area contributed by atoms with E-state index in [4.69, 9.17) is 10.5 Å². The molecule has 1 amide bonds. The summed E-state index contributed by atoms with van der Waals surface area (Å²) in [6.07, 6.45) is -0.903. The lowest BCUT2D eigenvalue weighted by Gasteiger charge is -2.38. The summed E-state index contributed by atoms with van der Waals surface area (Å²) in [6, 6.07) is 0. The van der Waals surface area contributed by atoms with Crippen LogP contribution in [0.5, 0.6) is 0 Å². The van der Waals surface area contributed by atoms with Gasteiger partial charge in [-0.1, -0.05) is 0 Å². The van der Waals surface area contributed by atoms with Crippen molar-refractivity contribution in [3.8, 4) is 0 Å². The molecular weight excluding hydrogens is 230 g/mol. The molecular formula is C11H20F2N2O2. The maximum absolute atomic E-state index is 13.4. The maximum Gasteiger partial charge on any atom is 0.410 e. The van der Waals surface area contributed by atoms with Crippen LogP contribution in [0.3, 0.4) is 0 Å². The molecule has 4 nitrogen and oxygen atoms in total. The lowest BCUT2D eigenvalue weighted by Crippen LogP contribution is -2.52. The van der Waals surface area contributed by atoms with Crippen LogP contribution in [-0.2, 0) is 4.74 Å². The maximum atomic E-state index is 13.4. The minimum Gasteiger partial charge on any atom is -0.444 e. The third kappa shape index (κ3) is 3.80. The average molecular weight is 250 g/mol. The minimum absolute atomic E-state index is 0.0123. The van der Waals surface area contributed by atoms with E-state index in [-0.39, 0.29) is 26.1 Å². The predicted octanol–water partition coefficient (Wildman–Crippen LogP) is 1.84. The molecule has 1 fully saturated rings. The number of likely N-dealkylation sites (tertiary alicyclic amines) is 1. The van der Waals surface area contributed by atoms with E-state index in [2.05, 4.69) is 0 Å². The van der Waals surface area contributed by atoms with Crippen LogP contribution in [0.2, 0.25) is 0 Å². The molecule has 1 rings (SSSR count). The molecule has 0 aromatic heterocycles. The highest BCUT2D eigenvalue weighted by Crippen LogP contribution is 2.33. The number of nitrogens with zero attached hydrogens (tertiary/aromatic N) is 1. The largest absolute Gasteiger partial charge is 0.444 e. The number of carbonyl (C=O) groups is 1. The summed E-state index contributed by atoms with van der Waals surface area (Å²) in [5.41, 5.74) is 4.69. The van der Waals surface area contributed by atoms with Gasteiger partial charge < -0.3 is 15.4 Å². The van der Waals surface area contributed by atoms with Crippen molar-refractivity contribution in [2.75, 3.05) is 19.6 Å². The lowest BCUT2D eigenvalue weighted by molar-refractivity contribution is -0.101. The van der Waals surface area contributed by atoms with E-state index in [0.717, 1.165) is 0 Å². The van der Waals surface area contributed by atoms with Crippen LogP contribution in [0.4, 0.5) is 13.6 Å². The Morgan fingerprint density at radius 2 is 2.12 bits per heavy atom. The molecule has 1 heterocycles. The van der Waals surface area contributed by atoms with Crippen LogP contribution in [0.15, 0.2) is 0 Å². The number of rotatable bonds is 1. The fourth-order valence-electron chi connectivity index (χ4n) is 1.72. The van der Waals surface area contributed by atoms with E-state index in [1.165, 1.54) is 4.90 Å². The molecule has 0 saturated carbocycles. The Morgan fingerprint density at radius 3 is 2.59 bits per heavy atom. The standard InChI is InChI=1S/C11H20F2N2O2/c1-10(2,3)17-9(16)15-5-4-11(12,13)8(6-14)7-15/h8H,4-7,14H2,1-3H3. The van der Waals surface area contributed by atoms with Gasteiger partial charge in [0.1, 0.15) is 5.60 Å². The Kier molecular flexibility index (Phi) is 3.96. The number of halogens is 2. The number of carbonyl (C=O) groups excluding carboxylic acids is 1. The molecule has 0 bridgehead atoms. The first-order chi connectivity index (χ1) is 7.65. The summed E-state index contributed by atoms with van der Waals surface area (Å²) in [7, 11) is 0. The van der Waals surface area contributed by atoms with E-state index in [1.807, 2.05) is 0 Å². The van der Waals surface area contributed by atoms with Crippen LogP contribution in [0.25, 0.3) is 0 Å². The summed E-state index contributed by atoms with van der Waals surface area (Å²) in [5, 5.41) is 0. The van der Waals surface area contributed by atoms with Crippen LogP contribution in [0, 0.1) is 5.92 Å². The molecule has 0 aromatic rings. The van der Waals surface area contributed by atoms with Crippen molar-refractivity contribution in [2.24, 2.45) is 11.7 Å². The van der Waals surface area contributed by atoms with Crippen molar-refractivity contribution in [3.63, 3.8) is 0 Å². The molecule has 1 atom stereocenters. The van der Waals surface area contributed by atoms with Crippen LogP contribution in [0.1, 0.15) is 27.2 Å². The zero-order valence-corrected chi connectivity index (χ0v) is 10.5. The molecule has 0 radical (unpaired) electrons. The third-order valence-corrected chi connectivity index (χ3v) is 2.69. The average Bonchev–Trinajstić information content (AvgIpc) is 2.14. The van der Waals surface area contributed by atoms with Gasteiger partial charge >= 0.3 is 6.09 Å².